The van der Waals surface area contributed by atoms with Crippen molar-refractivity contribution in [3.63, 3.8) is 0 Å². The monoisotopic (exact) mass is 411 g/mol. The van der Waals surface area contributed by atoms with E-state index in [0.29, 0.717) is 4.68 Å². The summed E-state index contributed by atoms with van der Waals surface area (Å²) in [5.74, 6) is -2.14. The first-order valence-electron chi connectivity index (χ1n) is 7.68. The summed E-state index contributed by atoms with van der Waals surface area (Å²) < 4.78 is 54.7. The van der Waals surface area contributed by atoms with Gasteiger partial charge < -0.3 is 4.84 Å². The van der Waals surface area contributed by atoms with Crippen LogP contribution in [0.5, 0.6) is 0 Å². The van der Waals surface area contributed by atoms with Crippen LogP contribution in [0.1, 0.15) is 21.6 Å². The van der Waals surface area contributed by atoms with Crippen LogP contribution < -0.4 is 0 Å². The summed E-state index contributed by atoms with van der Waals surface area (Å²) in [6.07, 6.45) is -3.37. The molecule has 2 aromatic carbocycles. The molecule has 0 amide bonds. The van der Waals surface area contributed by atoms with Crippen molar-refractivity contribution in [2.75, 3.05) is 0 Å². The summed E-state index contributed by atoms with van der Waals surface area (Å²) in [4.78, 5) is 16.6. The fourth-order valence-corrected chi connectivity index (χ4v) is 2.56. The molecule has 144 valence electrons. The summed E-state index contributed by atoms with van der Waals surface area (Å²) in [6.45, 7) is 0. The van der Waals surface area contributed by atoms with Gasteiger partial charge in [0.05, 0.1) is 28.7 Å². The van der Waals surface area contributed by atoms with Crippen LogP contribution in [0.2, 0.25) is 5.02 Å². The number of hydrogen-bond acceptors (Lipinski definition) is 4. The molecule has 0 aliphatic carbocycles. The molecule has 10 heteroatoms. The van der Waals surface area contributed by atoms with Crippen molar-refractivity contribution in [3.8, 4) is 5.69 Å². The van der Waals surface area contributed by atoms with E-state index in [9.17, 15) is 22.4 Å². The molecule has 1 aromatic heterocycles. The quantitative estimate of drug-likeness (QED) is 0.266. The van der Waals surface area contributed by atoms with Gasteiger partial charge in [-0.25, -0.2) is 13.9 Å². The Kier molecular flexibility index (Phi) is 5.46. The normalized spacial score (nSPS) is 11.8. The zero-order chi connectivity index (χ0) is 20.3. The van der Waals surface area contributed by atoms with Gasteiger partial charge in [-0.15, -0.1) is 0 Å². The molecule has 5 nitrogen and oxygen atoms in total. The zero-order valence-corrected chi connectivity index (χ0v) is 14.6. The van der Waals surface area contributed by atoms with Crippen molar-refractivity contribution < 1.29 is 27.2 Å². The van der Waals surface area contributed by atoms with Crippen LogP contribution in [0.25, 0.3) is 5.69 Å². The molecule has 0 unspecified atom stereocenters. The Balaban J connectivity index is 1.90. The van der Waals surface area contributed by atoms with Gasteiger partial charge >= 0.3 is 12.1 Å². The number of carbonyl (C=O) groups is 1. The van der Waals surface area contributed by atoms with Crippen molar-refractivity contribution in [1.82, 2.24) is 9.78 Å². The van der Waals surface area contributed by atoms with Gasteiger partial charge in [0, 0.05) is 0 Å². The summed E-state index contributed by atoms with van der Waals surface area (Å²) in [5, 5.41) is 6.87. The van der Waals surface area contributed by atoms with Crippen LogP contribution in [0, 0.1) is 5.82 Å². The number of hydrogen-bond donors (Lipinski definition) is 0. The van der Waals surface area contributed by atoms with E-state index in [1.165, 1.54) is 36.4 Å². The van der Waals surface area contributed by atoms with Crippen LogP contribution >= 0.6 is 11.6 Å². The molecule has 28 heavy (non-hydrogen) atoms. The van der Waals surface area contributed by atoms with Crippen LogP contribution in [0.3, 0.4) is 0 Å². The molecule has 3 rings (SSSR count). The van der Waals surface area contributed by atoms with Crippen LogP contribution in [-0.2, 0) is 11.0 Å². The number of para-hydroxylation sites is 1. The minimum absolute atomic E-state index is 0.00678. The van der Waals surface area contributed by atoms with Gasteiger partial charge in [-0.2, -0.15) is 18.3 Å². The number of alkyl halides is 3. The molecular weight excluding hydrogens is 402 g/mol. The number of benzene rings is 2. The van der Waals surface area contributed by atoms with Gasteiger partial charge in [0.25, 0.3) is 0 Å². The molecule has 0 aliphatic heterocycles. The Hall–Kier alpha value is -3.20. The van der Waals surface area contributed by atoms with E-state index in [1.807, 2.05) is 0 Å². The topological polar surface area (TPSA) is 56.5 Å². The highest BCUT2D eigenvalue weighted by Crippen LogP contribution is 2.34. The van der Waals surface area contributed by atoms with Crippen molar-refractivity contribution in [1.29, 1.82) is 0 Å². The third-order valence-electron chi connectivity index (χ3n) is 3.58. The first-order valence-corrected chi connectivity index (χ1v) is 8.06. The largest absolute Gasteiger partial charge is 0.434 e. The number of halogens is 5. The maximum absolute atomic E-state index is 13.6. The van der Waals surface area contributed by atoms with Crippen molar-refractivity contribution in [3.05, 3.63) is 82.4 Å². The number of rotatable bonds is 4. The van der Waals surface area contributed by atoms with E-state index < -0.39 is 29.2 Å². The van der Waals surface area contributed by atoms with Crippen LogP contribution in [-0.4, -0.2) is 22.0 Å². The molecule has 3 aromatic rings. The molecule has 0 saturated heterocycles. The van der Waals surface area contributed by atoms with E-state index in [0.717, 1.165) is 18.5 Å². The van der Waals surface area contributed by atoms with E-state index in [-0.39, 0.29) is 16.3 Å². The minimum Gasteiger partial charge on any atom is -0.313 e. The Morgan fingerprint density at radius 2 is 1.86 bits per heavy atom. The van der Waals surface area contributed by atoms with Gasteiger partial charge in [0.2, 0.25) is 0 Å². The lowest BCUT2D eigenvalue weighted by Gasteiger charge is -2.11. The maximum atomic E-state index is 13.6. The average Bonchev–Trinajstić information content (AvgIpc) is 3.10. The smallest absolute Gasteiger partial charge is 0.313 e. The van der Waals surface area contributed by atoms with Crippen molar-refractivity contribution in [2.45, 2.75) is 6.18 Å². The summed E-state index contributed by atoms with van der Waals surface area (Å²) in [7, 11) is 0. The standard InChI is InChI=1S/C18H10ClF4N3O2/c19-14-7-4-8-15(20)12(14)10-25-28-17(27)13-9-24-26(16(13)18(21,22)23)11-5-2-1-3-6-11/h1-10H/b25-10-. The van der Waals surface area contributed by atoms with Gasteiger partial charge in [-0.3, -0.25) is 0 Å². The Morgan fingerprint density at radius 3 is 2.50 bits per heavy atom. The summed E-state index contributed by atoms with van der Waals surface area (Å²) in [6, 6.07) is 11.3. The maximum Gasteiger partial charge on any atom is 0.434 e. The second-order valence-corrected chi connectivity index (χ2v) is 5.81. The van der Waals surface area contributed by atoms with Crippen molar-refractivity contribution in [2.24, 2.45) is 5.16 Å². The minimum atomic E-state index is -4.89. The van der Waals surface area contributed by atoms with Crippen LogP contribution in [0.15, 0.2) is 59.9 Å². The molecule has 0 saturated carbocycles. The summed E-state index contributed by atoms with van der Waals surface area (Å²) in [5.41, 5.74) is -2.22. The van der Waals surface area contributed by atoms with Gasteiger partial charge in [-0.05, 0) is 24.3 Å². The number of aromatic nitrogens is 2. The molecule has 0 radical (unpaired) electrons. The molecule has 0 N–H and O–H groups in total. The Bertz CT molecular complexity index is 1010. The predicted molar refractivity (Wildman–Crippen MR) is 93.0 cm³/mol. The third kappa shape index (κ3) is 4.04. The highest BCUT2D eigenvalue weighted by atomic mass is 35.5. The first kappa shape index (κ1) is 19.6. The highest BCUT2D eigenvalue weighted by Gasteiger charge is 2.41. The Morgan fingerprint density at radius 1 is 1.14 bits per heavy atom. The van der Waals surface area contributed by atoms with E-state index >= 15 is 0 Å². The lowest BCUT2D eigenvalue weighted by molar-refractivity contribution is -0.143. The van der Waals surface area contributed by atoms with Crippen molar-refractivity contribution >= 4 is 23.8 Å². The van der Waals surface area contributed by atoms with E-state index in [1.54, 1.807) is 6.07 Å². The fraction of sp³-hybridized carbons (Fsp3) is 0.0556. The molecule has 0 bridgehead atoms. The molecule has 0 spiro atoms. The number of carbonyl (C=O) groups excluding carboxylic acids is 1. The first-order chi connectivity index (χ1) is 13.3. The number of nitrogens with zero attached hydrogens (tertiary/aromatic N) is 3. The fourth-order valence-electron chi connectivity index (χ4n) is 2.35. The second-order valence-electron chi connectivity index (χ2n) is 5.40. The van der Waals surface area contributed by atoms with Gasteiger partial charge in [0.15, 0.2) is 5.69 Å². The molecule has 0 atom stereocenters. The third-order valence-corrected chi connectivity index (χ3v) is 3.91. The van der Waals surface area contributed by atoms with Gasteiger partial charge in [-0.1, -0.05) is 41.0 Å². The highest BCUT2D eigenvalue weighted by molar-refractivity contribution is 6.33. The van der Waals surface area contributed by atoms with Crippen LogP contribution in [0.4, 0.5) is 17.6 Å². The molecular formula is C18H10ClF4N3O2. The lowest BCUT2D eigenvalue weighted by Crippen LogP contribution is -2.18. The molecule has 1 heterocycles. The lowest BCUT2D eigenvalue weighted by atomic mass is 10.2. The summed E-state index contributed by atoms with van der Waals surface area (Å²) >= 11 is 5.78. The molecule has 0 fully saturated rings. The number of oxime groups is 1. The Labute approximate surface area is 160 Å². The molecule has 0 aliphatic rings. The van der Waals surface area contributed by atoms with E-state index in [2.05, 4.69) is 15.1 Å². The zero-order valence-electron chi connectivity index (χ0n) is 13.8. The predicted octanol–water partition coefficient (Wildman–Crippen LogP) is 4.87. The van der Waals surface area contributed by atoms with Gasteiger partial charge in [0.1, 0.15) is 11.4 Å². The average molecular weight is 412 g/mol. The second kappa shape index (κ2) is 7.81. The SMILES string of the molecule is O=C(O/N=C\c1c(F)cccc1Cl)c1cnn(-c2ccccc2)c1C(F)(F)F. The van der Waals surface area contributed by atoms with E-state index in [4.69, 9.17) is 11.6 Å².